The van der Waals surface area contributed by atoms with Crippen LogP contribution < -0.4 is 0 Å². The van der Waals surface area contributed by atoms with Crippen molar-refractivity contribution in [2.24, 2.45) is 53.3 Å². The van der Waals surface area contributed by atoms with Crippen LogP contribution in [0.25, 0.3) is 0 Å². The SMILES string of the molecule is CCC(CC)C(C)CCCC(C)CCCC(C)CCCC(C)CCCCCC(C)CCCC(C)CCCC(C)CCCC(C)C. The molecule has 0 fully saturated rings. The molecule has 7 atom stereocenters. The third kappa shape index (κ3) is 28.7. The van der Waals surface area contributed by atoms with Crippen molar-refractivity contribution in [3.8, 4) is 0 Å². The maximum absolute atomic E-state index is 2.52. The molecule has 0 nitrogen and oxygen atoms in total. The number of rotatable bonds is 33. The highest BCUT2D eigenvalue weighted by Crippen LogP contribution is 2.28. The molecular weight excluding hydrogens is 540 g/mol. The van der Waals surface area contributed by atoms with Crippen LogP contribution in [0.5, 0.6) is 0 Å². The van der Waals surface area contributed by atoms with E-state index in [0.717, 1.165) is 53.3 Å². The van der Waals surface area contributed by atoms with Gasteiger partial charge in [0.25, 0.3) is 0 Å². The van der Waals surface area contributed by atoms with Crippen molar-refractivity contribution in [2.75, 3.05) is 0 Å². The third-order valence-corrected chi connectivity index (χ3v) is 12.2. The van der Waals surface area contributed by atoms with E-state index in [9.17, 15) is 0 Å². The summed E-state index contributed by atoms with van der Waals surface area (Å²) in [6.07, 6.45) is 36.2. The van der Waals surface area contributed by atoms with Gasteiger partial charge in [0.05, 0.1) is 0 Å². The van der Waals surface area contributed by atoms with Gasteiger partial charge in [-0.25, -0.2) is 0 Å². The summed E-state index contributed by atoms with van der Waals surface area (Å²) < 4.78 is 0. The molecule has 0 aliphatic heterocycles. The Hall–Kier alpha value is 0. The van der Waals surface area contributed by atoms with Crippen molar-refractivity contribution in [2.45, 2.75) is 237 Å². The van der Waals surface area contributed by atoms with Crippen molar-refractivity contribution in [3.05, 3.63) is 0 Å². The summed E-state index contributed by atoms with van der Waals surface area (Å²) in [5.74, 6) is 8.33. The average molecular weight is 633 g/mol. The minimum atomic E-state index is 0.874. The van der Waals surface area contributed by atoms with Crippen LogP contribution in [-0.2, 0) is 0 Å². The summed E-state index contributed by atoms with van der Waals surface area (Å²) in [6, 6.07) is 0. The summed E-state index contributed by atoms with van der Waals surface area (Å²) in [5, 5.41) is 0. The van der Waals surface area contributed by atoms with Crippen molar-refractivity contribution < 1.29 is 0 Å². The Morgan fingerprint density at radius 3 is 0.778 bits per heavy atom. The predicted molar refractivity (Wildman–Crippen MR) is 209 cm³/mol. The van der Waals surface area contributed by atoms with Gasteiger partial charge >= 0.3 is 0 Å². The Morgan fingerprint density at radius 1 is 0.267 bits per heavy atom. The second-order valence-electron chi connectivity index (χ2n) is 17.8. The lowest BCUT2D eigenvalue weighted by Gasteiger charge is -2.22. The maximum Gasteiger partial charge on any atom is -0.0394 e. The topological polar surface area (TPSA) is 0 Å². The second kappa shape index (κ2) is 30.1. The van der Waals surface area contributed by atoms with Gasteiger partial charge in [0, 0.05) is 0 Å². The van der Waals surface area contributed by atoms with E-state index in [0.29, 0.717) is 0 Å². The van der Waals surface area contributed by atoms with E-state index in [1.165, 1.54) is 161 Å². The molecule has 0 amide bonds. The zero-order chi connectivity index (χ0) is 33.9. The molecule has 0 saturated heterocycles. The molecule has 0 rings (SSSR count). The van der Waals surface area contributed by atoms with Gasteiger partial charge in [0.15, 0.2) is 0 Å². The molecule has 0 aliphatic carbocycles. The maximum atomic E-state index is 2.52. The summed E-state index contributed by atoms with van der Waals surface area (Å²) in [7, 11) is 0. The predicted octanol–water partition coefficient (Wildman–Crippen LogP) is 16.5. The molecule has 7 unspecified atom stereocenters. The molecule has 0 spiro atoms. The summed E-state index contributed by atoms with van der Waals surface area (Å²) in [4.78, 5) is 0. The standard InChI is InChI=1S/C45H92/c1-12-45(13-2)44(11)36-22-35-43(10)34-21-33-42(9)31-19-28-39(6)25-16-14-15-24-38(5)27-18-30-41(8)32-20-29-40(7)26-17-23-37(3)4/h37-45H,12-36H2,1-11H3. The molecule has 0 aromatic rings. The first-order valence-corrected chi connectivity index (χ1v) is 21.5. The van der Waals surface area contributed by atoms with E-state index in [2.05, 4.69) is 76.2 Å². The fraction of sp³-hybridized carbons (Fsp3) is 1.00. The van der Waals surface area contributed by atoms with Crippen LogP contribution >= 0.6 is 0 Å². The molecule has 0 N–H and O–H groups in total. The van der Waals surface area contributed by atoms with Crippen molar-refractivity contribution in [1.29, 1.82) is 0 Å². The normalized spacial score (nSPS) is 17.0. The molecule has 0 bridgehead atoms. The number of hydrogen-bond donors (Lipinski definition) is 0. The summed E-state index contributed by atoms with van der Waals surface area (Å²) in [6.45, 7) is 27.0. The van der Waals surface area contributed by atoms with Crippen LogP contribution in [0.4, 0.5) is 0 Å². The lowest BCUT2D eigenvalue weighted by atomic mass is 9.84. The van der Waals surface area contributed by atoms with Gasteiger partial charge < -0.3 is 0 Å². The summed E-state index contributed by atoms with van der Waals surface area (Å²) in [5.41, 5.74) is 0. The van der Waals surface area contributed by atoms with Crippen molar-refractivity contribution >= 4 is 0 Å². The summed E-state index contributed by atoms with van der Waals surface area (Å²) >= 11 is 0. The number of hydrogen-bond acceptors (Lipinski definition) is 0. The minimum absolute atomic E-state index is 0.874. The largest absolute Gasteiger partial charge is 0.0651 e. The zero-order valence-corrected chi connectivity index (χ0v) is 33.9. The van der Waals surface area contributed by atoms with E-state index in [-0.39, 0.29) is 0 Å². The molecule has 0 aromatic carbocycles. The highest BCUT2D eigenvalue weighted by molar-refractivity contribution is 4.66. The fourth-order valence-electron chi connectivity index (χ4n) is 8.28. The molecule has 0 saturated carbocycles. The van der Waals surface area contributed by atoms with Crippen LogP contribution in [0.2, 0.25) is 0 Å². The molecule has 0 radical (unpaired) electrons. The lowest BCUT2D eigenvalue weighted by Crippen LogP contribution is -2.10. The molecule has 0 heteroatoms. The van der Waals surface area contributed by atoms with Gasteiger partial charge in [0.2, 0.25) is 0 Å². The molecule has 272 valence electrons. The van der Waals surface area contributed by atoms with Gasteiger partial charge in [-0.05, 0) is 53.3 Å². The zero-order valence-electron chi connectivity index (χ0n) is 33.9. The van der Waals surface area contributed by atoms with Crippen molar-refractivity contribution in [1.82, 2.24) is 0 Å². The van der Waals surface area contributed by atoms with Crippen LogP contribution in [0.1, 0.15) is 237 Å². The van der Waals surface area contributed by atoms with E-state index in [4.69, 9.17) is 0 Å². The van der Waals surface area contributed by atoms with Gasteiger partial charge in [-0.15, -0.1) is 0 Å². The Morgan fingerprint density at radius 2 is 0.511 bits per heavy atom. The first-order chi connectivity index (χ1) is 21.5. The van der Waals surface area contributed by atoms with Gasteiger partial charge in [0.1, 0.15) is 0 Å². The Bertz CT molecular complexity index is 587. The van der Waals surface area contributed by atoms with Crippen LogP contribution in [0.15, 0.2) is 0 Å². The molecule has 45 heavy (non-hydrogen) atoms. The van der Waals surface area contributed by atoms with Crippen molar-refractivity contribution in [3.63, 3.8) is 0 Å². The van der Waals surface area contributed by atoms with E-state index in [1.54, 1.807) is 0 Å². The Kier molecular flexibility index (Phi) is 30.1. The Balaban J connectivity index is 3.67. The average Bonchev–Trinajstić information content (AvgIpc) is 2.97. The van der Waals surface area contributed by atoms with E-state index >= 15 is 0 Å². The number of unbranched alkanes of at least 4 members (excludes halogenated alkanes) is 2. The second-order valence-corrected chi connectivity index (χ2v) is 17.8. The smallest absolute Gasteiger partial charge is 0.0394 e. The van der Waals surface area contributed by atoms with Crippen LogP contribution in [0, 0.1) is 53.3 Å². The lowest BCUT2D eigenvalue weighted by molar-refractivity contribution is 0.299. The Labute approximate surface area is 289 Å². The molecule has 0 aliphatic rings. The quantitative estimate of drug-likeness (QED) is 0.0631. The van der Waals surface area contributed by atoms with E-state index in [1.807, 2.05) is 0 Å². The third-order valence-electron chi connectivity index (χ3n) is 12.2. The minimum Gasteiger partial charge on any atom is -0.0651 e. The van der Waals surface area contributed by atoms with Gasteiger partial charge in [-0.3, -0.25) is 0 Å². The highest BCUT2D eigenvalue weighted by atomic mass is 14.2. The first kappa shape index (κ1) is 45.0. The van der Waals surface area contributed by atoms with Gasteiger partial charge in [-0.2, -0.15) is 0 Å². The van der Waals surface area contributed by atoms with Crippen LogP contribution in [-0.4, -0.2) is 0 Å². The molecule has 0 aromatic heterocycles. The first-order valence-electron chi connectivity index (χ1n) is 21.5. The fourth-order valence-corrected chi connectivity index (χ4v) is 8.28. The van der Waals surface area contributed by atoms with Crippen LogP contribution in [0.3, 0.4) is 0 Å². The van der Waals surface area contributed by atoms with E-state index < -0.39 is 0 Å². The highest BCUT2D eigenvalue weighted by Gasteiger charge is 2.14. The monoisotopic (exact) mass is 633 g/mol. The molecule has 0 heterocycles. The van der Waals surface area contributed by atoms with Gasteiger partial charge in [-0.1, -0.05) is 237 Å². The molecular formula is C45H92.